The second kappa shape index (κ2) is 6.73. The van der Waals surface area contributed by atoms with E-state index in [1.165, 1.54) is 0 Å². The second-order valence-corrected chi connectivity index (χ2v) is 5.32. The van der Waals surface area contributed by atoms with Gasteiger partial charge in [-0.3, -0.25) is 0 Å². The lowest BCUT2D eigenvalue weighted by Crippen LogP contribution is -2.12. The third-order valence-electron chi connectivity index (χ3n) is 2.90. The Bertz CT molecular complexity index is 554. The predicted octanol–water partition coefficient (Wildman–Crippen LogP) is 4.66. The van der Waals surface area contributed by atoms with E-state index >= 15 is 0 Å². The van der Waals surface area contributed by atoms with Crippen molar-refractivity contribution in [1.82, 2.24) is 5.32 Å². The fraction of sp³-hybridized carbons (Fsp3) is 0.250. The standard InChI is InChI=1S/C16H18BrNO/c1-3-18-11-13-10-14(17)8-9-16(13)19-15-7-5-4-6-12(15)2/h4-10,18H,3,11H2,1-2H3. The molecule has 0 aliphatic carbocycles. The zero-order valence-electron chi connectivity index (χ0n) is 11.2. The SMILES string of the molecule is CCNCc1cc(Br)ccc1Oc1ccccc1C. The number of nitrogens with one attached hydrogen (secondary N) is 1. The van der Waals surface area contributed by atoms with E-state index in [4.69, 9.17) is 4.74 Å². The van der Waals surface area contributed by atoms with Gasteiger partial charge in [-0.15, -0.1) is 0 Å². The predicted molar refractivity (Wildman–Crippen MR) is 82.8 cm³/mol. The van der Waals surface area contributed by atoms with E-state index in [9.17, 15) is 0 Å². The molecule has 2 rings (SSSR count). The third-order valence-corrected chi connectivity index (χ3v) is 3.39. The van der Waals surface area contributed by atoms with E-state index < -0.39 is 0 Å². The molecule has 3 heteroatoms. The molecule has 0 unspecified atom stereocenters. The van der Waals surface area contributed by atoms with Gasteiger partial charge in [0.15, 0.2) is 0 Å². The largest absolute Gasteiger partial charge is 0.457 e. The Kier molecular flexibility index (Phi) is 5.00. The minimum absolute atomic E-state index is 0.803. The van der Waals surface area contributed by atoms with Gasteiger partial charge >= 0.3 is 0 Å². The maximum absolute atomic E-state index is 6.03. The number of rotatable bonds is 5. The van der Waals surface area contributed by atoms with Crippen molar-refractivity contribution >= 4 is 15.9 Å². The summed E-state index contributed by atoms with van der Waals surface area (Å²) in [5, 5.41) is 3.33. The van der Waals surface area contributed by atoms with E-state index in [2.05, 4.69) is 47.2 Å². The molecule has 0 fully saturated rings. The van der Waals surface area contributed by atoms with Crippen LogP contribution in [0, 0.1) is 6.92 Å². The monoisotopic (exact) mass is 319 g/mol. The van der Waals surface area contributed by atoms with Crippen molar-refractivity contribution in [3.63, 3.8) is 0 Å². The van der Waals surface area contributed by atoms with Crippen LogP contribution in [0.4, 0.5) is 0 Å². The van der Waals surface area contributed by atoms with Crippen LogP contribution in [-0.2, 0) is 6.54 Å². The molecule has 0 aliphatic rings. The maximum atomic E-state index is 6.03. The van der Waals surface area contributed by atoms with Crippen LogP contribution in [0.3, 0.4) is 0 Å². The number of hydrogen-bond acceptors (Lipinski definition) is 2. The van der Waals surface area contributed by atoms with Crippen LogP contribution in [0.25, 0.3) is 0 Å². The van der Waals surface area contributed by atoms with Crippen LogP contribution in [0.15, 0.2) is 46.9 Å². The van der Waals surface area contributed by atoms with Crippen LogP contribution >= 0.6 is 15.9 Å². The molecule has 0 radical (unpaired) electrons. The van der Waals surface area contributed by atoms with E-state index in [0.717, 1.165) is 40.2 Å². The topological polar surface area (TPSA) is 21.3 Å². The number of para-hydroxylation sites is 1. The lowest BCUT2D eigenvalue weighted by atomic mass is 10.2. The van der Waals surface area contributed by atoms with Crippen molar-refractivity contribution in [2.75, 3.05) is 6.54 Å². The zero-order chi connectivity index (χ0) is 13.7. The molecule has 2 aromatic carbocycles. The normalized spacial score (nSPS) is 10.5. The Morgan fingerprint density at radius 1 is 1.11 bits per heavy atom. The highest BCUT2D eigenvalue weighted by molar-refractivity contribution is 9.10. The fourth-order valence-electron chi connectivity index (χ4n) is 1.83. The van der Waals surface area contributed by atoms with Crippen LogP contribution in [0.5, 0.6) is 11.5 Å². The number of aryl methyl sites for hydroxylation is 1. The van der Waals surface area contributed by atoms with Gasteiger partial charge < -0.3 is 10.1 Å². The Labute approximate surface area is 122 Å². The van der Waals surface area contributed by atoms with Gasteiger partial charge in [0, 0.05) is 16.6 Å². The van der Waals surface area contributed by atoms with E-state index in [0.29, 0.717) is 0 Å². The summed E-state index contributed by atoms with van der Waals surface area (Å²) in [4.78, 5) is 0. The van der Waals surface area contributed by atoms with Crippen molar-refractivity contribution in [3.8, 4) is 11.5 Å². The minimum Gasteiger partial charge on any atom is -0.457 e. The zero-order valence-corrected chi connectivity index (χ0v) is 12.8. The van der Waals surface area contributed by atoms with Gasteiger partial charge in [0.2, 0.25) is 0 Å². The minimum atomic E-state index is 0.803. The van der Waals surface area contributed by atoms with Crippen molar-refractivity contribution < 1.29 is 4.74 Å². The maximum Gasteiger partial charge on any atom is 0.132 e. The van der Waals surface area contributed by atoms with Gasteiger partial charge in [0.05, 0.1) is 0 Å². The highest BCUT2D eigenvalue weighted by Crippen LogP contribution is 2.29. The molecule has 0 heterocycles. The number of hydrogen-bond donors (Lipinski definition) is 1. The summed E-state index contributed by atoms with van der Waals surface area (Å²) >= 11 is 3.50. The molecule has 1 N–H and O–H groups in total. The summed E-state index contributed by atoms with van der Waals surface area (Å²) in [5.41, 5.74) is 2.29. The average Bonchev–Trinajstić information content (AvgIpc) is 2.41. The molecule has 2 aromatic rings. The number of halogens is 1. The van der Waals surface area contributed by atoms with Crippen molar-refractivity contribution in [1.29, 1.82) is 0 Å². The van der Waals surface area contributed by atoms with Crippen molar-refractivity contribution in [3.05, 3.63) is 58.1 Å². The lowest BCUT2D eigenvalue weighted by Gasteiger charge is -2.13. The van der Waals surface area contributed by atoms with Gasteiger partial charge in [-0.1, -0.05) is 41.1 Å². The number of ether oxygens (including phenoxy) is 1. The summed E-state index contributed by atoms with van der Waals surface area (Å²) in [5.74, 6) is 1.81. The van der Waals surface area contributed by atoms with Gasteiger partial charge in [-0.25, -0.2) is 0 Å². The first kappa shape index (κ1) is 14.1. The highest BCUT2D eigenvalue weighted by Gasteiger charge is 2.07. The second-order valence-electron chi connectivity index (χ2n) is 4.40. The van der Waals surface area contributed by atoms with Crippen LogP contribution in [0.1, 0.15) is 18.1 Å². The molecular formula is C16H18BrNO. The molecular weight excluding hydrogens is 302 g/mol. The molecule has 0 saturated carbocycles. The van der Waals surface area contributed by atoms with Gasteiger partial charge in [0.25, 0.3) is 0 Å². The van der Waals surface area contributed by atoms with E-state index in [-0.39, 0.29) is 0 Å². The molecule has 0 spiro atoms. The fourth-order valence-corrected chi connectivity index (χ4v) is 2.24. The highest BCUT2D eigenvalue weighted by atomic mass is 79.9. The van der Waals surface area contributed by atoms with Gasteiger partial charge in [-0.05, 0) is 43.3 Å². The summed E-state index contributed by atoms with van der Waals surface area (Å²) in [7, 11) is 0. The summed E-state index contributed by atoms with van der Waals surface area (Å²) in [6, 6.07) is 14.2. The molecule has 0 atom stereocenters. The van der Waals surface area contributed by atoms with Crippen LogP contribution in [-0.4, -0.2) is 6.54 Å². The summed E-state index contributed by atoms with van der Waals surface area (Å²) in [6.07, 6.45) is 0. The third kappa shape index (κ3) is 3.82. The number of benzene rings is 2. The molecule has 19 heavy (non-hydrogen) atoms. The molecule has 0 saturated heterocycles. The first-order valence-electron chi connectivity index (χ1n) is 6.43. The average molecular weight is 320 g/mol. The van der Waals surface area contributed by atoms with Crippen molar-refractivity contribution in [2.24, 2.45) is 0 Å². The Morgan fingerprint density at radius 2 is 1.89 bits per heavy atom. The van der Waals surface area contributed by atoms with Gasteiger partial charge in [0.1, 0.15) is 11.5 Å². The van der Waals surface area contributed by atoms with E-state index in [1.807, 2.05) is 30.3 Å². The van der Waals surface area contributed by atoms with E-state index in [1.54, 1.807) is 0 Å². The first-order valence-corrected chi connectivity index (χ1v) is 7.22. The molecule has 0 amide bonds. The van der Waals surface area contributed by atoms with Gasteiger partial charge in [-0.2, -0.15) is 0 Å². The molecule has 0 aromatic heterocycles. The summed E-state index contributed by atoms with van der Waals surface area (Å²) < 4.78 is 7.10. The van der Waals surface area contributed by atoms with Crippen LogP contribution in [0.2, 0.25) is 0 Å². The summed E-state index contributed by atoms with van der Waals surface area (Å²) in [6.45, 7) is 5.89. The first-order chi connectivity index (χ1) is 9.20. The molecule has 2 nitrogen and oxygen atoms in total. The lowest BCUT2D eigenvalue weighted by molar-refractivity contribution is 0.469. The molecule has 0 bridgehead atoms. The quantitative estimate of drug-likeness (QED) is 0.865. The Balaban J connectivity index is 2.26. The molecule has 100 valence electrons. The molecule has 0 aliphatic heterocycles. The smallest absolute Gasteiger partial charge is 0.132 e. The Hall–Kier alpha value is -1.32. The Morgan fingerprint density at radius 3 is 2.63 bits per heavy atom. The van der Waals surface area contributed by atoms with Crippen molar-refractivity contribution in [2.45, 2.75) is 20.4 Å². The van der Waals surface area contributed by atoms with Crippen LogP contribution < -0.4 is 10.1 Å².